The molecule has 92 valence electrons. The highest BCUT2D eigenvalue weighted by Gasteiger charge is 1.94. The molecule has 3 nitrogen and oxygen atoms in total. The summed E-state index contributed by atoms with van der Waals surface area (Å²) in [5, 5.41) is 3.27. The first-order chi connectivity index (χ1) is 7.27. The molecule has 3 heteroatoms. The van der Waals surface area contributed by atoms with Crippen LogP contribution in [0.1, 0.15) is 33.6 Å². The van der Waals surface area contributed by atoms with Gasteiger partial charge >= 0.3 is 0 Å². The molecule has 0 aromatic carbocycles. The van der Waals surface area contributed by atoms with Crippen LogP contribution in [0.15, 0.2) is 0 Å². The Hall–Kier alpha value is -0.120. The summed E-state index contributed by atoms with van der Waals surface area (Å²) in [6, 6.07) is 0. The first-order valence-corrected chi connectivity index (χ1v) is 6.13. The van der Waals surface area contributed by atoms with Crippen molar-refractivity contribution >= 4 is 0 Å². The van der Waals surface area contributed by atoms with Gasteiger partial charge in [0.05, 0.1) is 0 Å². The van der Waals surface area contributed by atoms with Crippen molar-refractivity contribution in [1.82, 2.24) is 5.32 Å². The second-order valence-corrected chi connectivity index (χ2v) is 4.14. The molecule has 0 saturated heterocycles. The van der Waals surface area contributed by atoms with E-state index < -0.39 is 0 Å². The highest BCUT2D eigenvalue weighted by atomic mass is 16.5. The lowest BCUT2D eigenvalue weighted by atomic mass is 10.2. The molecule has 0 unspecified atom stereocenters. The molecule has 0 amide bonds. The number of rotatable bonds is 11. The Morgan fingerprint density at radius 2 is 1.67 bits per heavy atom. The molecule has 0 aromatic heterocycles. The van der Waals surface area contributed by atoms with E-state index in [0.717, 1.165) is 52.4 Å². The van der Waals surface area contributed by atoms with Gasteiger partial charge in [-0.1, -0.05) is 20.8 Å². The van der Waals surface area contributed by atoms with E-state index in [1.807, 2.05) is 0 Å². The lowest BCUT2D eigenvalue weighted by Gasteiger charge is -2.07. The molecular weight excluding hydrogens is 190 g/mol. The van der Waals surface area contributed by atoms with Gasteiger partial charge in [0.25, 0.3) is 0 Å². The van der Waals surface area contributed by atoms with Gasteiger partial charge < -0.3 is 14.8 Å². The second kappa shape index (κ2) is 12.0. The minimum atomic E-state index is 0.631. The SMILES string of the molecule is CCNCCCOCCCOCC(C)C. The van der Waals surface area contributed by atoms with Crippen molar-refractivity contribution in [2.45, 2.75) is 33.6 Å². The van der Waals surface area contributed by atoms with Crippen LogP contribution in [-0.4, -0.2) is 39.5 Å². The summed E-state index contributed by atoms with van der Waals surface area (Å²) in [6.07, 6.45) is 2.11. The molecular formula is C12H27NO2. The van der Waals surface area contributed by atoms with E-state index in [4.69, 9.17) is 9.47 Å². The van der Waals surface area contributed by atoms with Gasteiger partial charge in [0, 0.05) is 26.4 Å². The Labute approximate surface area is 94.5 Å². The fourth-order valence-electron chi connectivity index (χ4n) is 1.16. The van der Waals surface area contributed by atoms with Crippen molar-refractivity contribution in [3.8, 4) is 0 Å². The van der Waals surface area contributed by atoms with Crippen LogP contribution in [0.4, 0.5) is 0 Å². The van der Waals surface area contributed by atoms with Gasteiger partial charge in [-0.3, -0.25) is 0 Å². The molecule has 0 radical (unpaired) electrons. The average molecular weight is 217 g/mol. The van der Waals surface area contributed by atoms with Gasteiger partial charge in [-0.05, 0) is 31.8 Å². The number of nitrogens with one attached hydrogen (secondary N) is 1. The summed E-state index contributed by atoms with van der Waals surface area (Å²) in [4.78, 5) is 0. The topological polar surface area (TPSA) is 30.5 Å². The molecule has 0 aliphatic heterocycles. The lowest BCUT2D eigenvalue weighted by molar-refractivity contribution is 0.0708. The van der Waals surface area contributed by atoms with Gasteiger partial charge in [-0.15, -0.1) is 0 Å². The van der Waals surface area contributed by atoms with Gasteiger partial charge in [-0.25, -0.2) is 0 Å². The zero-order chi connectivity index (χ0) is 11.4. The third kappa shape index (κ3) is 13.9. The maximum Gasteiger partial charge on any atom is 0.0489 e. The normalized spacial score (nSPS) is 11.2. The van der Waals surface area contributed by atoms with E-state index in [1.54, 1.807) is 0 Å². The van der Waals surface area contributed by atoms with Gasteiger partial charge in [0.1, 0.15) is 0 Å². The van der Waals surface area contributed by atoms with Crippen LogP contribution in [0.3, 0.4) is 0 Å². The van der Waals surface area contributed by atoms with Crippen molar-refractivity contribution in [3.05, 3.63) is 0 Å². The van der Waals surface area contributed by atoms with E-state index >= 15 is 0 Å². The van der Waals surface area contributed by atoms with E-state index in [2.05, 4.69) is 26.1 Å². The van der Waals surface area contributed by atoms with Crippen LogP contribution in [0.2, 0.25) is 0 Å². The second-order valence-electron chi connectivity index (χ2n) is 4.14. The van der Waals surface area contributed by atoms with Crippen LogP contribution in [-0.2, 0) is 9.47 Å². The minimum Gasteiger partial charge on any atom is -0.381 e. The summed E-state index contributed by atoms with van der Waals surface area (Å²) < 4.78 is 10.9. The van der Waals surface area contributed by atoms with Crippen molar-refractivity contribution in [2.75, 3.05) is 39.5 Å². The molecule has 0 aromatic rings. The maximum absolute atomic E-state index is 5.47. The molecule has 0 heterocycles. The van der Waals surface area contributed by atoms with E-state index in [1.165, 1.54) is 0 Å². The summed E-state index contributed by atoms with van der Waals surface area (Å²) in [5.74, 6) is 0.631. The summed E-state index contributed by atoms with van der Waals surface area (Å²) in [5.41, 5.74) is 0. The molecule has 0 rings (SSSR count). The van der Waals surface area contributed by atoms with E-state index in [0.29, 0.717) is 5.92 Å². The smallest absolute Gasteiger partial charge is 0.0489 e. The predicted molar refractivity (Wildman–Crippen MR) is 64.3 cm³/mol. The molecule has 0 atom stereocenters. The average Bonchev–Trinajstić information content (AvgIpc) is 2.20. The van der Waals surface area contributed by atoms with Crippen molar-refractivity contribution in [3.63, 3.8) is 0 Å². The first kappa shape index (κ1) is 14.9. The zero-order valence-corrected chi connectivity index (χ0v) is 10.6. The van der Waals surface area contributed by atoms with Crippen molar-refractivity contribution in [1.29, 1.82) is 0 Å². The lowest BCUT2D eigenvalue weighted by Crippen LogP contribution is -2.16. The summed E-state index contributed by atoms with van der Waals surface area (Å²) in [7, 11) is 0. The zero-order valence-electron chi connectivity index (χ0n) is 10.6. The fraction of sp³-hybridized carbons (Fsp3) is 1.00. The fourth-order valence-corrected chi connectivity index (χ4v) is 1.16. The molecule has 0 aliphatic rings. The Morgan fingerprint density at radius 3 is 2.33 bits per heavy atom. The number of hydrogen-bond donors (Lipinski definition) is 1. The summed E-state index contributed by atoms with van der Waals surface area (Å²) in [6.45, 7) is 11.9. The predicted octanol–water partition coefficient (Wildman–Crippen LogP) is 2.07. The quantitative estimate of drug-likeness (QED) is 0.537. The Balaban J connectivity index is 2.87. The largest absolute Gasteiger partial charge is 0.381 e. The van der Waals surface area contributed by atoms with Crippen molar-refractivity contribution < 1.29 is 9.47 Å². The Morgan fingerprint density at radius 1 is 1.00 bits per heavy atom. The number of ether oxygens (including phenoxy) is 2. The van der Waals surface area contributed by atoms with Crippen LogP contribution in [0.25, 0.3) is 0 Å². The standard InChI is InChI=1S/C12H27NO2/c1-4-13-7-5-8-14-9-6-10-15-11-12(2)3/h12-13H,4-11H2,1-3H3. The third-order valence-electron chi connectivity index (χ3n) is 1.92. The van der Waals surface area contributed by atoms with Crippen LogP contribution in [0.5, 0.6) is 0 Å². The van der Waals surface area contributed by atoms with Crippen LogP contribution in [0, 0.1) is 5.92 Å². The summed E-state index contributed by atoms with van der Waals surface area (Å²) >= 11 is 0. The highest BCUT2D eigenvalue weighted by molar-refractivity contribution is 4.44. The Bertz CT molecular complexity index is 118. The van der Waals surface area contributed by atoms with Gasteiger partial charge in [0.2, 0.25) is 0 Å². The van der Waals surface area contributed by atoms with Gasteiger partial charge in [0.15, 0.2) is 0 Å². The minimum absolute atomic E-state index is 0.631. The molecule has 0 aliphatic carbocycles. The molecule has 0 spiro atoms. The Kier molecular flexibility index (Phi) is 11.9. The van der Waals surface area contributed by atoms with E-state index in [-0.39, 0.29) is 0 Å². The number of hydrogen-bond acceptors (Lipinski definition) is 3. The molecule has 15 heavy (non-hydrogen) atoms. The molecule has 0 bridgehead atoms. The molecule has 0 saturated carbocycles. The van der Waals surface area contributed by atoms with E-state index in [9.17, 15) is 0 Å². The maximum atomic E-state index is 5.47. The van der Waals surface area contributed by atoms with Crippen LogP contribution >= 0.6 is 0 Å². The highest BCUT2D eigenvalue weighted by Crippen LogP contribution is 1.94. The van der Waals surface area contributed by atoms with Crippen molar-refractivity contribution in [2.24, 2.45) is 5.92 Å². The van der Waals surface area contributed by atoms with Gasteiger partial charge in [-0.2, -0.15) is 0 Å². The third-order valence-corrected chi connectivity index (χ3v) is 1.92. The first-order valence-electron chi connectivity index (χ1n) is 6.13. The monoisotopic (exact) mass is 217 g/mol. The molecule has 1 N–H and O–H groups in total. The van der Waals surface area contributed by atoms with Crippen LogP contribution < -0.4 is 5.32 Å². The molecule has 0 fully saturated rings.